The zero-order chi connectivity index (χ0) is 11.4. The molecule has 1 fully saturated rings. The van der Waals surface area contributed by atoms with Crippen molar-refractivity contribution in [3.8, 4) is 0 Å². The lowest BCUT2D eigenvalue weighted by Gasteiger charge is -2.25. The van der Waals surface area contributed by atoms with Crippen LogP contribution in [0.15, 0.2) is 0 Å². The summed E-state index contributed by atoms with van der Waals surface area (Å²) in [6.45, 7) is 1.78. The van der Waals surface area contributed by atoms with Crippen molar-refractivity contribution in [1.82, 2.24) is 5.32 Å². The Labute approximate surface area is 92.0 Å². The summed E-state index contributed by atoms with van der Waals surface area (Å²) >= 11 is 0. The molecule has 1 aliphatic rings. The third kappa shape index (κ3) is 5.49. The molecule has 5 heteroatoms. The summed E-state index contributed by atoms with van der Waals surface area (Å²) in [4.78, 5) is 0. The largest absolute Gasteiger partial charge is 0.390 e. The van der Waals surface area contributed by atoms with Gasteiger partial charge in [0.15, 0.2) is 0 Å². The van der Waals surface area contributed by atoms with Crippen molar-refractivity contribution in [2.75, 3.05) is 25.1 Å². The minimum atomic E-state index is -2.89. The van der Waals surface area contributed by atoms with Gasteiger partial charge in [-0.25, -0.2) is 8.42 Å². The van der Waals surface area contributed by atoms with Gasteiger partial charge in [-0.2, -0.15) is 0 Å². The lowest BCUT2D eigenvalue weighted by Crippen LogP contribution is -2.30. The molecule has 0 aromatic rings. The van der Waals surface area contributed by atoms with Crippen molar-refractivity contribution in [3.05, 3.63) is 0 Å². The molecule has 90 valence electrons. The molecular formula is C10H21NO3S. The average Bonchev–Trinajstić information content (AvgIpc) is 2.28. The average molecular weight is 235 g/mol. The summed E-state index contributed by atoms with van der Waals surface area (Å²) in [5.41, 5.74) is -0.645. The van der Waals surface area contributed by atoms with Crippen LogP contribution >= 0.6 is 0 Å². The van der Waals surface area contributed by atoms with Crippen LogP contribution < -0.4 is 5.32 Å². The normalized spacial score (nSPS) is 28.7. The first-order valence-electron chi connectivity index (χ1n) is 5.52. The summed E-state index contributed by atoms with van der Waals surface area (Å²) in [5.74, 6) is 0.183. The second-order valence-electron chi connectivity index (χ2n) is 4.56. The van der Waals surface area contributed by atoms with Gasteiger partial charge in [-0.3, -0.25) is 0 Å². The van der Waals surface area contributed by atoms with Crippen LogP contribution in [0.5, 0.6) is 0 Å². The minimum Gasteiger partial charge on any atom is -0.390 e. The highest BCUT2D eigenvalue weighted by molar-refractivity contribution is 7.90. The molecule has 0 bridgehead atoms. The smallest absolute Gasteiger partial charge is 0.147 e. The maximum absolute atomic E-state index is 11.0. The number of aliphatic hydroxyl groups is 1. The molecule has 0 amide bonds. The van der Waals surface area contributed by atoms with Crippen LogP contribution in [0, 0.1) is 0 Å². The van der Waals surface area contributed by atoms with Gasteiger partial charge in [0.1, 0.15) is 9.84 Å². The van der Waals surface area contributed by atoms with E-state index in [9.17, 15) is 13.5 Å². The third-order valence-corrected chi connectivity index (χ3v) is 3.95. The van der Waals surface area contributed by atoms with Gasteiger partial charge in [-0.05, 0) is 45.2 Å². The first kappa shape index (κ1) is 12.9. The van der Waals surface area contributed by atoms with Crippen molar-refractivity contribution in [2.45, 2.75) is 37.7 Å². The molecule has 0 radical (unpaired) electrons. The van der Waals surface area contributed by atoms with Crippen LogP contribution in [0.1, 0.15) is 32.1 Å². The standard InChI is InChI=1S/C10H21NO3S/c1-15(13,14)9-3-5-10(12)4-2-7-11-8-6-10/h11-12H,2-9H2,1H3. The van der Waals surface area contributed by atoms with E-state index >= 15 is 0 Å². The van der Waals surface area contributed by atoms with Crippen LogP contribution in [-0.4, -0.2) is 44.2 Å². The van der Waals surface area contributed by atoms with Crippen molar-refractivity contribution in [2.24, 2.45) is 0 Å². The maximum atomic E-state index is 11.0. The Morgan fingerprint density at radius 2 is 2.07 bits per heavy atom. The zero-order valence-corrected chi connectivity index (χ0v) is 10.1. The predicted octanol–water partition coefficient (Wildman–Crippen LogP) is 0.316. The van der Waals surface area contributed by atoms with E-state index in [4.69, 9.17) is 0 Å². The van der Waals surface area contributed by atoms with Crippen LogP contribution in [0.3, 0.4) is 0 Å². The first-order valence-corrected chi connectivity index (χ1v) is 7.58. The molecule has 1 atom stereocenters. The molecule has 1 saturated heterocycles. The van der Waals surface area contributed by atoms with Gasteiger partial charge < -0.3 is 10.4 Å². The van der Waals surface area contributed by atoms with Gasteiger partial charge in [0, 0.05) is 12.0 Å². The van der Waals surface area contributed by atoms with Crippen LogP contribution in [0.4, 0.5) is 0 Å². The Morgan fingerprint density at radius 1 is 1.33 bits per heavy atom. The van der Waals surface area contributed by atoms with Crippen molar-refractivity contribution < 1.29 is 13.5 Å². The Bertz CT molecular complexity index is 279. The van der Waals surface area contributed by atoms with Gasteiger partial charge in [-0.1, -0.05) is 0 Å². The Hall–Kier alpha value is -0.130. The molecule has 1 rings (SSSR count). The van der Waals surface area contributed by atoms with Crippen molar-refractivity contribution in [1.29, 1.82) is 0 Å². The monoisotopic (exact) mass is 235 g/mol. The molecule has 4 nitrogen and oxygen atoms in total. The quantitative estimate of drug-likeness (QED) is 0.736. The second-order valence-corrected chi connectivity index (χ2v) is 6.82. The van der Waals surface area contributed by atoms with Crippen molar-refractivity contribution >= 4 is 9.84 Å². The van der Waals surface area contributed by atoms with E-state index in [0.29, 0.717) is 12.8 Å². The molecule has 0 saturated carbocycles. The molecule has 0 aromatic carbocycles. The van der Waals surface area contributed by atoms with E-state index in [2.05, 4.69) is 5.32 Å². The fraction of sp³-hybridized carbons (Fsp3) is 1.00. The summed E-state index contributed by atoms with van der Waals surface area (Å²) in [6.07, 6.45) is 4.89. The minimum absolute atomic E-state index is 0.183. The summed E-state index contributed by atoms with van der Waals surface area (Å²) in [5, 5.41) is 13.4. The third-order valence-electron chi connectivity index (χ3n) is 2.92. The topological polar surface area (TPSA) is 66.4 Å². The van der Waals surface area contributed by atoms with Crippen LogP contribution in [0.25, 0.3) is 0 Å². The van der Waals surface area contributed by atoms with E-state index in [1.807, 2.05) is 0 Å². The van der Waals surface area contributed by atoms with Gasteiger partial charge in [0.2, 0.25) is 0 Å². The number of hydrogen-bond donors (Lipinski definition) is 2. The molecule has 1 heterocycles. The molecule has 15 heavy (non-hydrogen) atoms. The molecule has 2 N–H and O–H groups in total. The molecule has 0 aromatic heterocycles. The lowest BCUT2D eigenvalue weighted by molar-refractivity contribution is 0.0191. The SMILES string of the molecule is CS(=O)(=O)CCCC1(O)CCCNCC1. The van der Waals surface area contributed by atoms with E-state index < -0.39 is 15.4 Å². The Morgan fingerprint density at radius 3 is 2.73 bits per heavy atom. The molecule has 1 unspecified atom stereocenters. The lowest BCUT2D eigenvalue weighted by atomic mass is 9.90. The van der Waals surface area contributed by atoms with E-state index in [1.165, 1.54) is 6.26 Å². The number of sulfone groups is 1. The first-order chi connectivity index (χ1) is 6.91. The highest BCUT2D eigenvalue weighted by Gasteiger charge is 2.27. The van der Waals surface area contributed by atoms with Gasteiger partial charge >= 0.3 is 0 Å². The second kappa shape index (κ2) is 5.27. The van der Waals surface area contributed by atoms with Crippen LogP contribution in [-0.2, 0) is 9.84 Å². The molecule has 0 spiro atoms. The highest BCUT2D eigenvalue weighted by Crippen LogP contribution is 2.24. The summed E-state index contributed by atoms with van der Waals surface area (Å²) in [6, 6.07) is 0. The fourth-order valence-electron chi connectivity index (χ4n) is 2.03. The predicted molar refractivity (Wildman–Crippen MR) is 60.6 cm³/mol. The number of rotatable bonds is 4. The summed E-state index contributed by atoms with van der Waals surface area (Å²) in [7, 11) is -2.89. The molecular weight excluding hydrogens is 214 g/mol. The Kier molecular flexibility index (Phi) is 4.55. The van der Waals surface area contributed by atoms with Gasteiger partial charge in [-0.15, -0.1) is 0 Å². The van der Waals surface area contributed by atoms with E-state index in [-0.39, 0.29) is 5.75 Å². The highest BCUT2D eigenvalue weighted by atomic mass is 32.2. The fourth-order valence-corrected chi connectivity index (χ4v) is 2.70. The number of hydrogen-bond acceptors (Lipinski definition) is 4. The van der Waals surface area contributed by atoms with Gasteiger partial charge in [0.05, 0.1) is 5.60 Å². The number of nitrogens with one attached hydrogen (secondary N) is 1. The Balaban J connectivity index is 2.34. The maximum Gasteiger partial charge on any atom is 0.147 e. The van der Waals surface area contributed by atoms with E-state index in [0.717, 1.165) is 32.4 Å². The van der Waals surface area contributed by atoms with Crippen molar-refractivity contribution in [3.63, 3.8) is 0 Å². The van der Waals surface area contributed by atoms with Crippen LogP contribution in [0.2, 0.25) is 0 Å². The van der Waals surface area contributed by atoms with Gasteiger partial charge in [0.25, 0.3) is 0 Å². The zero-order valence-electron chi connectivity index (χ0n) is 9.33. The molecule has 0 aliphatic carbocycles. The van der Waals surface area contributed by atoms with E-state index in [1.54, 1.807) is 0 Å². The molecule has 1 aliphatic heterocycles. The summed E-state index contributed by atoms with van der Waals surface area (Å²) < 4.78 is 21.9.